The first-order valence-electron chi connectivity index (χ1n) is 9.61. The number of carbonyl (C=O) groups excluding carboxylic acids is 1. The molecule has 30 heavy (non-hydrogen) atoms. The van der Waals surface area contributed by atoms with Crippen molar-refractivity contribution in [2.24, 2.45) is 0 Å². The maximum absolute atomic E-state index is 12.8. The normalized spacial score (nSPS) is 18.8. The molecule has 0 spiro atoms. The van der Waals surface area contributed by atoms with E-state index in [4.69, 9.17) is 0 Å². The molecule has 2 N–H and O–H groups in total. The summed E-state index contributed by atoms with van der Waals surface area (Å²) in [5.41, 5.74) is 0.740. The fraction of sp³-hybridized carbons (Fsp3) is 0.250. The van der Waals surface area contributed by atoms with Gasteiger partial charge in [0.25, 0.3) is 5.91 Å². The van der Waals surface area contributed by atoms with Gasteiger partial charge >= 0.3 is 0 Å². The number of nitrogens with one attached hydrogen (secondary N) is 1. The summed E-state index contributed by atoms with van der Waals surface area (Å²) in [5.74, 6) is 0.352. The Balaban J connectivity index is 1.34. The van der Waals surface area contributed by atoms with Crippen LogP contribution in [0.15, 0.2) is 61.4 Å². The molecule has 1 fully saturated rings. The molecule has 1 atom stereocenters. The van der Waals surface area contributed by atoms with Crippen LogP contribution >= 0.6 is 0 Å². The van der Waals surface area contributed by atoms with Gasteiger partial charge < -0.3 is 19.7 Å². The number of hydrogen-bond donors (Lipinski definition) is 2. The molecule has 1 saturated heterocycles. The number of hydrogen-bond acceptors (Lipinski definition) is 7. The Morgan fingerprint density at radius 3 is 2.73 bits per heavy atom. The first-order valence-corrected chi connectivity index (χ1v) is 9.61. The Morgan fingerprint density at radius 1 is 1.13 bits per heavy atom. The Hall–Kier alpha value is -3.79. The number of carbonyl (C=O) groups is 1. The van der Waals surface area contributed by atoms with E-state index < -0.39 is 11.4 Å². The van der Waals surface area contributed by atoms with Crippen LogP contribution in [-0.4, -0.2) is 65.4 Å². The number of benzene rings is 1. The quantitative estimate of drug-likeness (QED) is 0.503. The number of imidazole rings is 1. The summed E-state index contributed by atoms with van der Waals surface area (Å²) in [6.07, 6.45) is 9.18. The van der Waals surface area contributed by atoms with Crippen molar-refractivity contribution < 1.29 is 9.90 Å². The molecule has 0 bridgehead atoms. The molecule has 0 aliphatic carbocycles. The van der Waals surface area contributed by atoms with Gasteiger partial charge in [0.2, 0.25) is 5.82 Å². The second kappa shape index (κ2) is 7.23. The first kappa shape index (κ1) is 18.3. The van der Waals surface area contributed by atoms with Crippen LogP contribution in [0.5, 0.6) is 0 Å². The highest BCUT2D eigenvalue weighted by Gasteiger charge is 2.41. The average Bonchev–Trinajstić information content (AvgIpc) is 3.53. The summed E-state index contributed by atoms with van der Waals surface area (Å²) in [6.45, 7) is 0.840. The van der Waals surface area contributed by atoms with E-state index in [9.17, 15) is 9.90 Å². The molecule has 4 heterocycles. The lowest BCUT2D eigenvalue weighted by molar-refractivity contribution is 0.0844. The van der Waals surface area contributed by atoms with Crippen LogP contribution in [0.3, 0.4) is 0 Å². The van der Waals surface area contributed by atoms with Gasteiger partial charge in [0, 0.05) is 37.9 Å². The summed E-state index contributed by atoms with van der Waals surface area (Å²) < 4.78 is 3.43. The SMILES string of the molecule is O=C(NC1(CO)CCN(c2nccn3ccnc23)C1)c1ncn(-c2ccccc2)n1. The smallest absolute Gasteiger partial charge is 0.291 e. The van der Waals surface area contributed by atoms with Crippen molar-refractivity contribution in [2.45, 2.75) is 12.0 Å². The van der Waals surface area contributed by atoms with Crippen LogP contribution < -0.4 is 10.2 Å². The highest BCUT2D eigenvalue weighted by Crippen LogP contribution is 2.27. The first-order chi connectivity index (χ1) is 14.7. The molecule has 0 saturated carbocycles. The number of para-hydroxylation sites is 1. The average molecular weight is 404 g/mol. The topological polar surface area (TPSA) is 113 Å². The molecule has 1 unspecified atom stereocenters. The van der Waals surface area contributed by atoms with E-state index in [1.807, 2.05) is 52.0 Å². The number of rotatable bonds is 5. The Kier molecular flexibility index (Phi) is 4.40. The van der Waals surface area contributed by atoms with E-state index in [1.165, 1.54) is 6.33 Å². The van der Waals surface area contributed by atoms with Crippen LogP contribution in [0, 0.1) is 0 Å². The lowest BCUT2D eigenvalue weighted by atomic mass is 10.00. The fourth-order valence-electron chi connectivity index (χ4n) is 3.76. The van der Waals surface area contributed by atoms with Gasteiger partial charge in [0.15, 0.2) is 11.5 Å². The molecule has 1 aliphatic heterocycles. The van der Waals surface area contributed by atoms with Gasteiger partial charge in [-0.2, -0.15) is 0 Å². The van der Waals surface area contributed by atoms with E-state index in [0.717, 1.165) is 17.2 Å². The standard InChI is InChI=1S/C20H20N8O2/c29-13-20(6-9-27(12-20)18-17-21-7-10-26(17)11-8-22-18)24-19(30)16-23-14-28(25-16)15-4-2-1-3-5-15/h1-5,7-8,10-11,14,29H,6,9,12-13H2,(H,24,30). The second-order valence-electron chi connectivity index (χ2n) is 7.32. The van der Waals surface area contributed by atoms with Gasteiger partial charge in [0.1, 0.15) is 6.33 Å². The monoisotopic (exact) mass is 404 g/mol. The number of fused-ring (bicyclic) bond motifs is 1. The molecular weight excluding hydrogens is 384 g/mol. The minimum atomic E-state index is -0.809. The number of aliphatic hydroxyl groups excluding tert-OH is 1. The predicted molar refractivity (Wildman–Crippen MR) is 108 cm³/mol. The van der Waals surface area contributed by atoms with E-state index in [-0.39, 0.29) is 12.4 Å². The third kappa shape index (κ3) is 3.16. The number of anilines is 1. The van der Waals surface area contributed by atoms with Gasteiger partial charge in [-0.1, -0.05) is 18.2 Å². The number of nitrogens with zero attached hydrogens (tertiary/aromatic N) is 7. The van der Waals surface area contributed by atoms with Crippen molar-refractivity contribution in [2.75, 3.05) is 24.6 Å². The fourth-order valence-corrected chi connectivity index (χ4v) is 3.76. The van der Waals surface area contributed by atoms with E-state index in [0.29, 0.717) is 19.5 Å². The highest BCUT2D eigenvalue weighted by atomic mass is 16.3. The van der Waals surface area contributed by atoms with Crippen LogP contribution in [0.2, 0.25) is 0 Å². The van der Waals surface area contributed by atoms with Crippen LogP contribution in [0.25, 0.3) is 11.3 Å². The Morgan fingerprint density at radius 2 is 1.93 bits per heavy atom. The zero-order valence-electron chi connectivity index (χ0n) is 16.1. The van der Waals surface area contributed by atoms with Crippen molar-refractivity contribution in [3.8, 4) is 5.69 Å². The zero-order chi connectivity index (χ0) is 20.6. The van der Waals surface area contributed by atoms with E-state index >= 15 is 0 Å². The minimum Gasteiger partial charge on any atom is -0.394 e. The zero-order valence-corrected chi connectivity index (χ0v) is 16.1. The molecule has 0 radical (unpaired) electrons. The van der Waals surface area contributed by atoms with Crippen LogP contribution in [0.1, 0.15) is 17.0 Å². The van der Waals surface area contributed by atoms with E-state index in [1.54, 1.807) is 17.1 Å². The molecular formula is C20H20N8O2. The summed E-state index contributed by atoms with van der Waals surface area (Å²) >= 11 is 0. The molecule has 1 amide bonds. The van der Waals surface area contributed by atoms with Gasteiger partial charge in [-0.25, -0.2) is 19.6 Å². The van der Waals surface area contributed by atoms with Crippen molar-refractivity contribution in [1.29, 1.82) is 0 Å². The maximum Gasteiger partial charge on any atom is 0.291 e. The molecule has 3 aromatic heterocycles. The number of aliphatic hydroxyl groups is 1. The van der Waals surface area contributed by atoms with Crippen LogP contribution in [-0.2, 0) is 0 Å². The molecule has 1 aromatic carbocycles. The molecule has 1 aliphatic rings. The molecule has 5 rings (SSSR count). The Bertz CT molecular complexity index is 1190. The van der Waals surface area contributed by atoms with Gasteiger partial charge in [-0.3, -0.25) is 4.79 Å². The highest BCUT2D eigenvalue weighted by molar-refractivity contribution is 5.91. The number of amides is 1. The molecule has 10 nitrogen and oxygen atoms in total. The maximum atomic E-state index is 12.8. The van der Waals surface area contributed by atoms with Crippen molar-refractivity contribution in [3.63, 3.8) is 0 Å². The van der Waals surface area contributed by atoms with Gasteiger partial charge in [0.05, 0.1) is 17.8 Å². The summed E-state index contributed by atoms with van der Waals surface area (Å²) in [5, 5.41) is 17.3. The molecule has 4 aromatic rings. The van der Waals surface area contributed by atoms with Crippen molar-refractivity contribution in [1.82, 2.24) is 34.4 Å². The lowest BCUT2D eigenvalue weighted by Crippen LogP contribution is -2.53. The Labute approximate surface area is 171 Å². The lowest BCUT2D eigenvalue weighted by Gasteiger charge is -2.28. The summed E-state index contributed by atoms with van der Waals surface area (Å²) in [6, 6.07) is 9.44. The van der Waals surface area contributed by atoms with Gasteiger partial charge in [-0.15, -0.1) is 5.10 Å². The predicted octanol–water partition coefficient (Wildman–Crippen LogP) is 0.681. The third-order valence-electron chi connectivity index (χ3n) is 5.34. The van der Waals surface area contributed by atoms with Crippen LogP contribution in [0.4, 0.5) is 5.82 Å². The summed E-state index contributed by atoms with van der Waals surface area (Å²) in [7, 11) is 0. The number of aromatic nitrogens is 6. The third-order valence-corrected chi connectivity index (χ3v) is 5.34. The summed E-state index contributed by atoms with van der Waals surface area (Å²) in [4.78, 5) is 27.8. The minimum absolute atomic E-state index is 0.0543. The van der Waals surface area contributed by atoms with Gasteiger partial charge in [-0.05, 0) is 18.6 Å². The largest absolute Gasteiger partial charge is 0.394 e. The second-order valence-corrected chi connectivity index (χ2v) is 7.32. The molecule has 152 valence electrons. The van der Waals surface area contributed by atoms with Crippen molar-refractivity contribution in [3.05, 3.63) is 67.3 Å². The molecule has 10 heteroatoms. The van der Waals surface area contributed by atoms with E-state index in [2.05, 4.69) is 25.4 Å². The van der Waals surface area contributed by atoms with Crippen molar-refractivity contribution >= 4 is 17.4 Å².